The summed E-state index contributed by atoms with van der Waals surface area (Å²) in [5.74, 6) is 0. The van der Waals surface area contributed by atoms with Gasteiger partial charge in [-0.25, -0.2) is 0 Å². The highest BCUT2D eigenvalue weighted by atomic mass is 32.2. The Bertz CT molecular complexity index is 3220. The van der Waals surface area contributed by atoms with Crippen LogP contribution in [0, 0.1) is 0 Å². The zero-order valence-electron chi connectivity index (χ0n) is 32.9. The number of nitrogens with zero attached hydrogens (tertiary/aromatic N) is 1. The SMILES string of the molecule is c1ccc(-c2ccc(CNC(c3ccc(-c4ccccc4)cc3)c3ccc4c(c3)Sc3ccccc3C43c4ccccc4-n4c5ccccc5c5cccc3c54)cc2)cc1. The van der Waals surface area contributed by atoms with E-state index in [0.717, 1.165) is 6.54 Å². The van der Waals surface area contributed by atoms with E-state index in [4.69, 9.17) is 0 Å². The molecule has 0 saturated carbocycles. The number of benzene rings is 9. The molecule has 1 N–H and O–H groups in total. The highest BCUT2D eigenvalue weighted by Gasteiger charge is 2.49. The van der Waals surface area contributed by atoms with Crippen LogP contribution >= 0.6 is 11.8 Å². The fourth-order valence-corrected chi connectivity index (χ4v) is 11.4. The number of para-hydroxylation sites is 3. The molecule has 0 amide bonds. The predicted molar refractivity (Wildman–Crippen MR) is 249 cm³/mol. The van der Waals surface area contributed by atoms with Gasteiger partial charge < -0.3 is 9.88 Å². The monoisotopic (exact) mass is 784 g/mol. The molecule has 12 rings (SSSR count). The van der Waals surface area contributed by atoms with Crippen molar-refractivity contribution in [2.75, 3.05) is 0 Å². The number of hydrogen-bond acceptors (Lipinski definition) is 2. The van der Waals surface area contributed by atoms with Crippen molar-refractivity contribution in [3.05, 3.63) is 257 Å². The van der Waals surface area contributed by atoms with Gasteiger partial charge in [-0.15, -0.1) is 0 Å². The lowest BCUT2D eigenvalue weighted by Crippen LogP contribution is -2.37. The number of aromatic nitrogens is 1. The minimum Gasteiger partial charge on any atom is -0.309 e. The number of rotatable bonds is 7. The van der Waals surface area contributed by atoms with Crippen molar-refractivity contribution < 1.29 is 0 Å². The van der Waals surface area contributed by atoms with E-state index in [1.165, 1.54) is 98.5 Å². The van der Waals surface area contributed by atoms with E-state index in [2.05, 4.69) is 228 Å². The highest BCUT2D eigenvalue weighted by Crippen LogP contribution is 2.60. The van der Waals surface area contributed by atoms with Crippen LogP contribution in [-0.2, 0) is 12.0 Å². The van der Waals surface area contributed by atoms with Gasteiger partial charge in [0.2, 0.25) is 0 Å². The molecule has 0 aliphatic carbocycles. The first-order chi connectivity index (χ1) is 29.8. The van der Waals surface area contributed by atoms with Crippen molar-refractivity contribution in [1.82, 2.24) is 9.88 Å². The third-order valence-electron chi connectivity index (χ3n) is 12.8. The molecule has 1 aromatic heterocycles. The molecule has 284 valence electrons. The van der Waals surface area contributed by atoms with Crippen LogP contribution in [0.4, 0.5) is 0 Å². The molecule has 2 atom stereocenters. The van der Waals surface area contributed by atoms with E-state index in [-0.39, 0.29) is 6.04 Å². The van der Waals surface area contributed by atoms with Crippen molar-refractivity contribution in [2.24, 2.45) is 0 Å². The summed E-state index contributed by atoms with van der Waals surface area (Å²) in [6, 6.07) is 80.8. The summed E-state index contributed by atoms with van der Waals surface area (Å²) in [4.78, 5) is 2.59. The number of nitrogens with one attached hydrogen (secondary N) is 1. The van der Waals surface area contributed by atoms with Gasteiger partial charge in [0, 0.05) is 27.1 Å². The molecule has 3 heterocycles. The van der Waals surface area contributed by atoms with Crippen LogP contribution < -0.4 is 5.32 Å². The van der Waals surface area contributed by atoms with Crippen LogP contribution in [0.25, 0.3) is 49.7 Å². The largest absolute Gasteiger partial charge is 0.309 e. The zero-order valence-corrected chi connectivity index (χ0v) is 33.7. The summed E-state index contributed by atoms with van der Waals surface area (Å²) in [6.45, 7) is 0.733. The van der Waals surface area contributed by atoms with Gasteiger partial charge in [0.1, 0.15) is 0 Å². The van der Waals surface area contributed by atoms with Crippen molar-refractivity contribution in [3.63, 3.8) is 0 Å². The summed E-state index contributed by atoms with van der Waals surface area (Å²) in [5, 5.41) is 6.62. The molecule has 2 aliphatic rings. The molecule has 2 unspecified atom stereocenters. The van der Waals surface area contributed by atoms with Gasteiger partial charge in [0.25, 0.3) is 0 Å². The Morgan fingerprint density at radius 3 is 1.77 bits per heavy atom. The lowest BCUT2D eigenvalue weighted by molar-refractivity contribution is 0.602. The van der Waals surface area contributed by atoms with E-state index in [1.54, 1.807) is 0 Å². The summed E-state index contributed by atoms with van der Waals surface area (Å²) < 4.78 is 2.52. The second-order valence-corrected chi connectivity index (χ2v) is 17.1. The predicted octanol–water partition coefficient (Wildman–Crippen LogP) is 14.2. The lowest BCUT2D eigenvalue weighted by atomic mass is 9.62. The molecule has 10 aromatic rings. The van der Waals surface area contributed by atoms with E-state index in [0.29, 0.717) is 0 Å². The first-order valence-corrected chi connectivity index (χ1v) is 21.6. The van der Waals surface area contributed by atoms with Crippen molar-refractivity contribution in [3.8, 4) is 27.9 Å². The minimum absolute atomic E-state index is 0.0350. The molecular formula is C57H40N2S. The molecule has 2 nitrogen and oxygen atoms in total. The third kappa shape index (κ3) is 5.40. The Kier molecular flexibility index (Phi) is 8.26. The molecule has 3 heteroatoms. The van der Waals surface area contributed by atoms with Gasteiger partial charge in [-0.2, -0.15) is 0 Å². The molecule has 60 heavy (non-hydrogen) atoms. The topological polar surface area (TPSA) is 17.0 Å². The van der Waals surface area contributed by atoms with E-state index < -0.39 is 5.41 Å². The van der Waals surface area contributed by atoms with Crippen LogP contribution in [0.2, 0.25) is 0 Å². The average molecular weight is 785 g/mol. The van der Waals surface area contributed by atoms with E-state index in [9.17, 15) is 0 Å². The molecular weight excluding hydrogens is 745 g/mol. The fraction of sp³-hybridized carbons (Fsp3) is 0.0526. The molecule has 0 saturated heterocycles. The summed E-state index contributed by atoms with van der Waals surface area (Å²) in [5.41, 5.74) is 17.3. The summed E-state index contributed by atoms with van der Waals surface area (Å²) >= 11 is 1.91. The number of fused-ring (bicyclic) bond motifs is 11. The standard InChI is InChI=1S/C57H40N2S/c1-3-14-39(15-4-1)41-28-26-38(27-29-41)37-58-55(43-32-30-42(31-33-43)40-16-5-2-6-17-40)44-34-35-49-54(36-44)60-53-25-12-9-21-48(53)57(49)47-20-8-11-24-52(47)59-51-23-10-7-18-45(51)46-19-13-22-50(57)56(46)59/h1-36,55,58H,37H2. The van der Waals surface area contributed by atoms with Gasteiger partial charge >= 0.3 is 0 Å². The van der Waals surface area contributed by atoms with Gasteiger partial charge in [0.15, 0.2) is 0 Å². The van der Waals surface area contributed by atoms with Crippen molar-refractivity contribution in [1.29, 1.82) is 0 Å². The molecule has 2 aliphatic heterocycles. The molecule has 0 radical (unpaired) electrons. The van der Waals surface area contributed by atoms with Gasteiger partial charge in [-0.1, -0.05) is 206 Å². The molecule has 9 aromatic carbocycles. The van der Waals surface area contributed by atoms with E-state index >= 15 is 0 Å². The maximum absolute atomic E-state index is 4.03. The van der Waals surface area contributed by atoms with Crippen LogP contribution in [0.3, 0.4) is 0 Å². The maximum Gasteiger partial charge on any atom is 0.0764 e. The van der Waals surface area contributed by atoms with Crippen LogP contribution in [0.1, 0.15) is 45.0 Å². The smallest absolute Gasteiger partial charge is 0.0764 e. The van der Waals surface area contributed by atoms with Gasteiger partial charge in [-0.3, -0.25) is 0 Å². The van der Waals surface area contributed by atoms with Crippen LogP contribution in [0.15, 0.2) is 228 Å². The molecule has 0 bridgehead atoms. The first kappa shape index (κ1) is 35.1. The zero-order chi connectivity index (χ0) is 39.6. The van der Waals surface area contributed by atoms with Crippen LogP contribution in [0.5, 0.6) is 0 Å². The quantitative estimate of drug-likeness (QED) is 0.173. The summed E-state index contributed by atoms with van der Waals surface area (Å²) in [7, 11) is 0. The van der Waals surface area contributed by atoms with Crippen molar-refractivity contribution >= 4 is 33.6 Å². The summed E-state index contributed by atoms with van der Waals surface area (Å²) in [6.07, 6.45) is 0. The van der Waals surface area contributed by atoms with Gasteiger partial charge in [0.05, 0.1) is 28.2 Å². The maximum atomic E-state index is 4.03. The minimum atomic E-state index is -0.503. The lowest BCUT2D eigenvalue weighted by Gasteiger charge is -2.45. The Morgan fingerprint density at radius 2 is 1.00 bits per heavy atom. The third-order valence-corrected chi connectivity index (χ3v) is 14.0. The van der Waals surface area contributed by atoms with Crippen LogP contribution in [-0.4, -0.2) is 4.57 Å². The second kappa shape index (κ2) is 14.1. The normalized spacial score (nSPS) is 15.4. The highest BCUT2D eigenvalue weighted by molar-refractivity contribution is 7.99. The Morgan fingerprint density at radius 1 is 0.433 bits per heavy atom. The molecule has 0 fully saturated rings. The van der Waals surface area contributed by atoms with Crippen molar-refractivity contribution in [2.45, 2.75) is 27.8 Å². The Labute approximate surface area is 354 Å². The first-order valence-electron chi connectivity index (χ1n) is 20.8. The second-order valence-electron chi connectivity index (χ2n) is 16.0. The Hall–Kier alpha value is -6.91. The number of hydrogen-bond donors (Lipinski definition) is 1. The van der Waals surface area contributed by atoms with E-state index in [1.807, 2.05) is 11.8 Å². The molecule has 1 spiro atoms. The average Bonchev–Trinajstić information content (AvgIpc) is 3.66. The Balaban J connectivity index is 1.02. The van der Waals surface area contributed by atoms with Gasteiger partial charge in [-0.05, 0) is 85.5 Å². The fourth-order valence-electron chi connectivity index (χ4n) is 10.1.